The first-order chi connectivity index (χ1) is 13.3. The van der Waals surface area contributed by atoms with Gasteiger partial charge in [-0.25, -0.2) is 0 Å². The summed E-state index contributed by atoms with van der Waals surface area (Å²) < 4.78 is 10.9. The van der Waals surface area contributed by atoms with Crippen LogP contribution in [0.4, 0.5) is 0 Å². The molecule has 2 aromatic carbocycles. The highest BCUT2D eigenvalue weighted by Gasteiger charge is 2.10. The molecule has 2 aromatic rings. The Bertz CT molecular complexity index is 884. The first-order valence-electron chi connectivity index (χ1n) is 8.66. The monoisotopic (exact) mass is 402 g/mol. The Hall–Kier alpha value is -2.99. The zero-order valence-electron chi connectivity index (χ0n) is 15.9. The normalized spacial score (nSPS) is 11.1. The van der Waals surface area contributed by atoms with Crippen LogP contribution in [0.25, 0.3) is 6.08 Å². The Labute approximate surface area is 168 Å². The molecule has 0 spiro atoms. The predicted octanol–water partition coefficient (Wildman–Crippen LogP) is 2.64. The van der Waals surface area contributed by atoms with Crippen LogP contribution in [0.1, 0.15) is 23.6 Å². The van der Waals surface area contributed by atoms with Gasteiger partial charge in [-0.2, -0.15) is 0 Å². The van der Waals surface area contributed by atoms with Crippen molar-refractivity contribution in [2.24, 2.45) is 0 Å². The third-order valence-corrected chi connectivity index (χ3v) is 4.39. The maximum Gasteiger partial charge on any atom is 0.262 e. The number of benzene rings is 2. The zero-order valence-corrected chi connectivity index (χ0v) is 16.6. The van der Waals surface area contributed by atoms with Crippen LogP contribution in [-0.4, -0.2) is 25.1 Å². The molecular formula is C21H21ClNO5-. The van der Waals surface area contributed by atoms with Gasteiger partial charge in [-0.3, -0.25) is 4.79 Å². The number of para-hydroxylation sites is 1. The third-order valence-electron chi connectivity index (χ3n) is 3.79. The average molecular weight is 403 g/mol. The van der Waals surface area contributed by atoms with E-state index in [-0.39, 0.29) is 12.3 Å². The summed E-state index contributed by atoms with van der Waals surface area (Å²) in [5.41, 5.74) is 1.76. The minimum atomic E-state index is -1.52. The number of aliphatic carboxylic acids is 1. The van der Waals surface area contributed by atoms with Gasteiger partial charge in [-0.1, -0.05) is 29.8 Å². The van der Waals surface area contributed by atoms with Crippen molar-refractivity contribution in [2.45, 2.75) is 20.8 Å². The molecule has 28 heavy (non-hydrogen) atoms. The van der Waals surface area contributed by atoms with Crippen LogP contribution in [0.3, 0.4) is 0 Å². The van der Waals surface area contributed by atoms with Crippen molar-refractivity contribution in [3.05, 3.63) is 63.8 Å². The number of ether oxygens (including phenoxy) is 2. The quantitative estimate of drug-likeness (QED) is 0.686. The van der Waals surface area contributed by atoms with E-state index in [1.54, 1.807) is 36.4 Å². The van der Waals surface area contributed by atoms with Gasteiger partial charge in [-0.05, 0) is 56.2 Å². The molecule has 0 aliphatic heterocycles. The molecule has 0 aromatic heterocycles. The molecule has 0 radical (unpaired) electrons. The van der Waals surface area contributed by atoms with Gasteiger partial charge < -0.3 is 24.7 Å². The van der Waals surface area contributed by atoms with Crippen LogP contribution < -0.4 is 19.9 Å². The molecule has 7 heteroatoms. The Balaban J connectivity index is 2.10. The van der Waals surface area contributed by atoms with Crippen LogP contribution in [0.5, 0.6) is 11.5 Å². The van der Waals surface area contributed by atoms with Crippen molar-refractivity contribution in [1.82, 2.24) is 5.32 Å². The lowest BCUT2D eigenvalue weighted by Crippen LogP contribution is -2.37. The van der Waals surface area contributed by atoms with E-state index in [1.807, 2.05) is 20.8 Å². The summed E-state index contributed by atoms with van der Waals surface area (Å²) in [6.45, 7) is 5.54. The molecular weight excluding hydrogens is 382 g/mol. The van der Waals surface area contributed by atoms with Gasteiger partial charge in [0.15, 0.2) is 6.61 Å². The van der Waals surface area contributed by atoms with Gasteiger partial charge in [0.2, 0.25) is 0 Å². The van der Waals surface area contributed by atoms with E-state index < -0.39 is 11.9 Å². The highest BCUT2D eigenvalue weighted by molar-refractivity contribution is 6.32. The minimum Gasteiger partial charge on any atom is -0.543 e. The standard InChI is InChI=1S/C21H22ClNO5/c1-4-27-18-8-6-5-7-15(18)11-17(21(25)26)23-19(24)12-28-16-9-13(2)20(22)14(3)10-16/h5-11H,4,12H2,1-3H3,(H,23,24)(H,25,26)/p-1/b17-11+. The maximum absolute atomic E-state index is 12.1. The molecule has 0 bridgehead atoms. The van der Waals surface area contributed by atoms with Gasteiger partial charge >= 0.3 is 0 Å². The van der Waals surface area contributed by atoms with Crippen LogP contribution in [-0.2, 0) is 9.59 Å². The molecule has 0 atom stereocenters. The molecule has 0 saturated heterocycles. The molecule has 1 N–H and O–H groups in total. The second-order valence-electron chi connectivity index (χ2n) is 6.02. The van der Waals surface area contributed by atoms with Gasteiger partial charge in [0.05, 0.1) is 18.3 Å². The summed E-state index contributed by atoms with van der Waals surface area (Å²) >= 11 is 6.10. The Morgan fingerprint density at radius 2 is 1.79 bits per heavy atom. The van der Waals surface area contributed by atoms with E-state index in [4.69, 9.17) is 21.1 Å². The van der Waals surface area contributed by atoms with E-state index in [9.17, 15) is 14.7 Å². The zero-order chi connectivity index (χ0) is 20.7. The number of carbonyl (C=O) groups is 2. The Kier molecular flexibility index (Phi) is 7.46. The van der Waals surface area contributed by atoms with Crippen molar-refractivity contribution in [3.8, 4) is 11.5 Å². The first-order valence-corrected chi connectivity index (χ1v) is 9.03. The minimum absolute atomic E-state index is 0.363. The number of rotatable bonds is 8. The summed E-state index contributed by atoms with van der Waals surface area (Å²) in [4.78, 5) is 23.6. The second kappa shape index (κ2) is 9.80. The fourth-order valence-electron chi connectivity index (χ4n) is 2.51. The molecule has 148 valence electrons. The van der Waals surface area contributed by atoms with Crippen LogP contribution in [0.2, 0.25) is 5.02 Å². The van der Waals surface area contributed by atoms with Crippen molar-refractivity contribution in [3.63, 3.8) is 0 Å². The number of carboxylic acids is 1. The number of hydrogen-bond donors (Lipinski definition) is 1. The number of halogens is 1. The van der Waals surface area contributed by atoms with Crippen molar-refractivity contribution < 1.29 is 24.2 Å². The van der Waals surface area contributed by atoms with Crippen LogP contribution >= 0.6 is 11.6 Å². The lowest BCUT2D eigenvalue weighted by molar-refractivity contribution is -0.299. The third kappa shape index (κ3) is 5.76. The summed E-state index contributed by atoms with van der Waals surface area (Å²) in [6.07, 6.45) is 1.29. The maximum atomic E-state index is 12.1. The molecule has 2 rings (SSSR count). The van der Waals surface area contributed by atoms with Crippen molar-refractivity contribution in [1.29, 1.82) is 0 Å². The highest BCUT2D eigenvalue weighted by Crippen LogP contribution is 2.25. The summed E-state index contributed by atoms with van der Waals surface area (Å²) in [5, 5.41) is 14.3. The average Bonchev–Trinajstić information content (AvgIpc) is 2.65. The molecule has 0 fully saturated rings. The smallest absolute Gasteiger partial charge is 0.262 e. The summed E-state index contributed by atoms with van der Waals surface area (Å²) in [6, 6.07) is 10.3. The predicted molar refractivity (Wildman–Crippen MR) is 105 cm³/mol. The second-order valence-corrected chi connectivity index (χ2v) is 6.40. The fraction of sp³-hybridized carbons (Fsp3) is 0.238. The molecule has 0 heterocycles. The number of amides is 1. The van der Waals surface area contributed by atoms with Crippen molar-refractivity contribution in [2.75, 3.05) is 13.2 Å². The molecule has 0 aliphatic rings. The lowest BCUT2D eigenvalue weighted by atomic mass is 10.1. The van der Waals surface area contributed by atoms with E-state index in [0.717, 1.165) is 11.1 Å². The molecule has 6 nitrogen and oxygen atoms in total. The van der Waals surface area contributed by atoms with Gasteiger partial charge in [0, 0.05) is 10.6 Å². The van der Waals surface area contributed by atoms with E-state index in [1.165, 1.54) is 6.08 Å². The fourth-order valence-corrected chi connectivity index (χ4v) is 2.62. The lowest BCUT2D eigenvalue weighted by Gasteiger charge is -2.14. The van der Waals surface area contributed by atoms with Gasteiger partial charge in [0.1, 0.15) is 11.5 Å². The number of hydrogen-bond acceptors (Lipinski definition) is 5. The van der Waals surface area contributed by atoms with Gasteiger partial charge in [0.25, 0.3) is 5.91 Å². The molecule has 0 unspecified atom stereocenters. The number of nitrogens with one attached hydrogen (secondary N) is 1. The topological polar surface area (TPSA) is 87.7 Å². The molecule has 1 amide bonds. The summed E-state index contributed by atoms with van der Waals surface area (Å²) in [5.74, 6) is -1.18. The first kappa shape index (κ1) is 21.3. The number of aryl methyl sites for hydroxylation is 2. The van der Waals surface area contributed by atoms with E-state index in [2.05, 4.69) is 5.32 Å². The SMILES string of the molecule is CCOc1ccccc1/C=C(/NC(=O)COc1cc(C)c(Cl)c(C)c1)C(=O)[O-]. The highest BCUT2D eigenvalue weighted by atomic mass is 35.5. The van der Waals surface area contributed by atoms with E-state index in [0.29, 0.717) is 28.7 Å². The van der Waals surface area contributed by atoms with E-state index >= 15 is 0 Å². The number of carbonyl (C=O) groups excluding carboxylic acids is 2. The van der Waals surface area contributed by atoms with Crippen LogP contribution in [0, 0.1) is 13.8 Å². The van der Waals surface area contributed by atoms with Crippen molar-refractivity contribution >= 4 is 29.6 Å². The Morgan fingerprint density at radius 1 is 1.14 bits per heavy atom. The Morgan fingerprint density at radius 3 is 2.39 bits per heavy atom. The largest absolute Gasteiger partial charge is 0.543 e. The molecule has 0 saturated carbocycles. The summed E-state index contributed by atoms with van der Waals surface area (Å²) in [7, 11) is 0. The van der Waals surface area contributed by atoms with Gasteiger partial charge in [-0.15, -0.1) is 0 Å². The van der Waals surface area contributed by atoms with Crippen LogP contribution in [0.15, 0.2) is 42.1 Å². The number of carboxylic acid groups (broad SMARTS) is 1. The molecule has 0 aliphatic carbocycles.